The molecule has 6 heteroatoms. The van der Waals surface area contributed by atoms with E-state index in [1.165, 1.54) is 10.5 Å². The molecule has 2 aromatic carbocycles. The normalized spacial score (nSPS) is 10.3. The van der Waals surface area contributed by atoms with Gasteiger partial charge in [0.15, 0.2) is 5.78 Å². The van der Waals surface area contributed by atoms with Crippen molar-refractivity contribution in [1.29, 1.82) is 0 Å². The van der Waals surface area contributed by atoms with E-state index >= 15 is 0 Å². The summed E-state index contributed by atoms with van der Waals surface area (Å²) in [5, 5.41) is 2.75. The molecule has 2 amide bonds. The molecule has 0 aliphatic carbocycles. The lowest BCUT2D eigenvalue weighted by Crippen LogP contribution is -2.35. The number of para-hydroxylation sites is 1. The van der Waals surface area contributed by atoms with Gasteiger partial charge in [0.25, 0.3) is 0 Å². The topological polar surface area (TPSA) is 66.5 Å². The SMILES string of the molecule is CCc1ccc(C(=O)CCC(=O)N(C)CC(=O)Nc2ccccc2Br)cc1. The molecule has 27 heavy (non-hydrogen) atoms. The molecule has 2 aromatic rings. The lowest BCUT2D eigenvalue weighted by molar-refractivity contribution is -0.133. The van der Waals surface area contributed by atoms with E-state index in [1.807, 2.05) is 30.3 Å². The van der Waals surface area contributed by atoms with Crippen LogP contribution in [0.15, 0.2) is 53.0 Å². The molecule has 0 aliphatic rings. The molecule has 0 heterocycles. The molecule has 0 aliphatic heterocycles. The lowest BCUT2D eigenvalue weighted by atomic mass is 10.0. The first-order valence-electron chi connectivity index (χ1n) is 8.81. The van der Waals surface area contributed by atoms with Crippen molar-refractivity contribution in [1.82, 2.24) is 4.90 Å². The molecule has 142 valence electrons. The minimum atomic E-state index is -0.292. The number of benzene rings is 2. The molecule has 0 fully saturated rings. The second-order valence-corrected chi connectivity index (χ2v) is 7.11. The van der Waals surface area contributed by atoms with Crippen LogP contribution < -0.4 is 5.32 Å². The molecule has 2 rings (SSSR count). The largest absolute Gasteiger partial charge is 0.336 e. The van der Waals surface area contributed by atoms with E-state index in [0.29, 0.717) is 11.3 Å². The summed E-state index contributed by atoms with van der Waals surface area (Å²) in [6.07, 6.45) is 1.12. The molecule has 0 bridgehead atoms. The minimum Gasteiger partial charge on any atom is -0.336 e. The van der Waals surface area contributed by atoms with E-state index in [0.717, 1.165) is 10.9 Å². The van der Waals surface area contributed by atoms with Gasteiger partial charge in [0.1, 0.15) is 0 Å². The van der Waals surface area contributed by atoms with Crippen molar-refractivity contribution in [2.45, 2.75) is 26.2 Å². The van der Waals surface area contributed by atoms with E-state index in [2.05, 4.69) is 28.2 Å². The highest BCUT2D eigenvalue weighted by atomic mass is 79.9. The maximum atomic E-state index is 12.2. The summed E-state index contributed by atoms with van der Waals surface area (Å²) in [6.45, 7) is 1.98. The van der Waals surface area contributed by atoms with Gasteiger partial charge in [-0.1, -0.05) is 43.3 Å². The van der Waals surface area contributed by atoms with Gasteiger partial charge in [0.2, 0.25) is 11.8 Å². The van der Waals surface area contributed by atoms with Crippen molar-refractivity contribution < 1.29 is 14.4 Å². The fourth-order valence-corrected chi connectivity index (χ4v) is 2.92. The molecule has 0 spiro atoms. The first kappa shape index (κ1) is 20.8. The van der Waals surface area contributed by atoms with Crippen molar-refractivity contribution in [2.24, 2.45) is 0 Å². The number of hydrogen-bond acceptors (Lipinski definition) is 3. The smallest absolute Gasteiger partial charge is 0.244 e. The van der Waals surface area contributed by atoms with Crippen LogP contribution in [0.5, 0.6) is 0 Å². The van der Waals surface area contributed by atoms with Crippen molar-refractivity contribution >= 4 is 39.2 Å². The van der Waals surface area contributed by atoms with Crippen LogP contribution in [0.2, 0.25) is 0 Å². The number of Topliss-reactive ketones (excluding diaryl/α,β-unsaturated/α-hetero) is 1. The van der Waals surface area contributed by atoms with Gasteiger partial charge in [-0.2, -0.15) is 0 Å². The summed E-state index contributed by atoms with van der Waals surface area (Å²) in [6, 6.07) is 14.7. The zero-order chi connectivity index (χ0) is 19.8. The second-order valence-electron chi connectivity index (χ2n) is 6.25. The fourth-order valence-electron chi connectivity index (χ4n) is 2.54. The van der Waals surface area contributed by atoms with Crippen LogP contribution in [0.25, 0.3) is 0 Å². The number of nitrogens with zero attached hydrogens (tertiary/aromatic N) is 1. The number of nitrogens with one attached hydrogen (secondary N) is 1. The summed E-state index contributed by atoms with van der Waals surface area (Å²) in [7, 11) is 1.56. The Balaban J connectivity index is 1.81. The first-order valence-corrected chi connectivity index (χ1v) is 9.60. The highest BCUT2D eigenvalue weighted by molar-refractivity contribution is 9.10. The molecule has 5 nitrogen and oxygen atoms in total. The van der Waals surface area contributed by atoms with E-state index in [9.17, 15) is 14.4 Å². The van der Waals surface area contributed by atoms with Crippen molar-refractivity contribution in [3.63, 3.8) is 0 Å². The van der Waals surface area contributed by atoms with Crippen molar-refractivity contribution in [3.8, 4) is 0 Å². The quantitative estimate of drug-likeness (QED) is 0.641. The third-order valence-corrected chi connectivity index (χ3v) is 4.90. The summed E-state index contributed by atoms with van der Waals surface area (Å²) in [5.41, 5.74) is 2.42. The van der Waals surface area contributed by atoms with Gasteiger partial charge in [0.05, 0.1) is 12.2 Å². The Bertz CT molecular complexity index is 818. The summed E-state index contributed by atoms with van der Waals surface area (Å²) >= 11 is 3.36. The standard InChI is InChI=1S/C21H23BrN2O3/c1-3-15-8-10-16(11-9-15)19(25)12-13-21(27)24(2)14-20(26)23-18-7-5-4-6-17(18)22/h4-11H,3,12-14H2,1-2H3,(H,23,26). The van der Waals surface area contributed by atoms with Gasteiger partial charge in [0, 0.05) is 29.9 Å². The second kappa shape index (κ2) is 10.0. The molecule has 1 N–H and O–H groups in total. The lowest BCUT2D eigenvalue weighted by Gasteiger charge is -2.17. The number of halogens is 1. The minimum absolute atomic E-state index is 0.0699. The maximum absolute atomic E-state index is 12.2. The number of aryl methyl sites for hydroxylation is 1. The Kier molecular flexibility index (Phi) is 7.73. The molecule has 0 atom stereocenters. The van der Waals surface area contributed by atoms with Crippen molar-refractivity contribution in [2.75, 3.05) is 18.9 Å². The molecule has 0 aromatic heterocycles. The summed E-state index contributed by atoms with van der Waals surface area (Å²) < 4.78 is 0.770. The van der Waals surface area contributed by atoms with Crippen LogP contribution in [0.4, 0.5) is 5.69 Å². The fraction of sp³-hybridized carbons (Fsp3) is 0.286. The number of ketones is 1. The first-order chi connectivity index (χ1) is 12.9. The van der Waals surface area contributed by atoms with Crippen LogP contribution in [-0.4, -0.2) is 36.1 Å². The molecular formula is C21H23BrN2O3. The highest BCUT2D eigenvalue weighted by Gasteiger charge is 2.16. The number of carbonyl (C=O) groups excluding carboxylic acids is 3. The van der Waals surface area contributed by atoms with Gasteiger partial charge < -0.3 is 10.2 Å². The Labute approximate surface area is 167 Å². The number of anilines is 1. The van der Waals surface area contributed by atoms with Gasteiger partial charge in [-0.15, -0.1) is 0 Å². The predicted octanol–water partition coefficient (Wildman–Crippen LogP) is 4.07. The van der Waals surface area contributed by atoms with Gasteiger partial charge >= 0.3 is 0 Å². The van der Waals surface area contributed by atoms with Crippen LogP contribution in [0.3, 0.4) is 0 Å². The molecule has 0 saturated heterocycles. The Morgan fingerprint density at radius 3 is 2.30 bits per heavy atom. The third-order valence-electron chi connectivity index (χ3n) is 4.20. The number of rotatable bonds is 8. The predicted molar refractivity (Wildman–Crippen MR) is 110 cm³/mol. The molecule has 0 unspecified atom stereocenters. The maximum Gasteiger partial charge on any atom is 0.244 e. The van der Waals surface area contributed by atoms with Crippen molar-refractivity contribution in [3.05, 3.63) is 64.1 Å². The van der Waals surface area contributed by atoms with Crippen LogP contribution in [-0.2, 0) is 16.0 Å². The number of amides is 2. The average Bonchev–Trinajstić information content (AvgIpc) is 2.67. The van der Waals surface area contributed by atoms with Gasteiger partial charge in [-0.25, -0.2) is 0 Å². The molecule has 0 saturated carbocycles. The highest BCUT2D eigenvalue weighted by Crippen LogP contribution is 2.21. The van der Waals surface area contributed by atoms with Gasteiger partial charge in [-0.05, 0) is 40.0 Å². The van der Waals surface area contributed by atoms with Crippen LogP contribution in [0, 0.1) is 0 Å². The monoisotopic (exact) mass is 430 g/mol. The van der Waals surface area contributed by atoms with Crippen LogP contribution in [0.1, 0.15) is 35.7 Å². The summed E-state index contributed by atoms with van der Waals surface area (Å²) in [5.74, 6) is -0.605. The van der Waals surface area contributed by atoms with E-state index in [4.69, 9.17) is 0 Å². The Morgan fingerprint density at radius 2 is 1.67 bits per heavy atom. The molecular weight excluding hydrogens is 408 g/mol. The Morgan fingerprint density at radius 1 is 1.00 bits per heavy atom. The summed E-state index contributed by atoms with van der Waals surface area (Å²) in [4.78, 5) is 37.9. The zero-order valence-corrected chi connectivity index (χ0v) is 17.1. The van der Waals surface area contributed by atoms with Crippen LogP contribution >= 0.6 is 15.9 Å². The van der Waals surface area contributed by atoms with Gasteiger partial charge in [-0.3, -0.25) is 14.4 Å². The zero-order valence-electron chi connectivity index (χ0n) is 15.5. The molecule has 0 radical (unpaired) electrons. The van der Waals surface area contributed by atoms with E-state index in [-0.39, 0.29) is 37.0 Å². The number of likely N-dealkylation sites (N-methyl/N-ethyl adjacent to an activating group) is 1. The Hall–Kier alpha value is -2.47. The average molecular weight is 431 g/mol. The number of carbonyl (C=O) groups is 3. The van der Waals surface area contributed by atoms with E-state index < -0.39 is 0 Å². The van der Waals surface area contributed by atoms with E-state index in [1.54, 1.807) is 25.2 Å². The number of hydrogen-bond donors (Lipinski definition) is 1. The third kappa shape index (κ3) is 6.32.